The van der Waals surface area contributed by atoms with Crippen molar-refractivity contribution in [3.63, 3.8) is 0 Å². The van der Waals surface area contributed by atoms with Crippen LogP contribution in [0, 0.1) is 5.41 Å². The molecule has 0 spiro atoms. The normalized spacial score (nSPS) is 25.7. The van der Waals surface area contributed by atoms with E-state index in [1.165, 1.54) is 12.8 Å². The fraction of sp³-hybridized carbons (Fsp3) is 1.00. The summed E-state index contributed by atoms with van der Waals surface area (Å²) < 4.78 is 5.47. The Kier molecular flexibility index (Phi) is 1.80. The van der Waals surface area contributed by atoms with Gasteiger partial charge in [-0.3, -0.25) is 0 Å². The monoisotopic (exact) mass is 128 g/mol. The molecule has 0 heterocycles. The van der Waals surface area contributed by atoms with Gasteiger partial charge in [-0.1, -0.05) is 6.92 Å². The van der Waals surface area contributed by atoms with E-state index < -0.39 is 0 Å². The molecule has 0 saturated heterocycles. The fourth-order valence-electron chi connectivity index (χ4n) is 1.05. The van der Waals surface area contributed by atoms with E-state index >= 15 is 0 Å². The molecule has 0 aromatic carbocycles. The second kappa shape index (κ2) is 2.30. The standard InChI is InChI=1S/C8H16O/c1-4-9-7(2)8(3)5-6-8/h7H,4-6H2,1-3H3/t7-/m0/s1. The van der Waals surface area contributed by atoms with Gasteiger partial charge in [0, 0.05) is 6.61 Å². The van der Waals surface area contributed by atoms with Gasteiger partial charge in [0.2, 0.25) is 0 Å². The second-order valence-electron chi connectivity index (χ2n) is 3.25. The molecule has 0 radical (unpaired) electrons. The van der Waals surface area contributed by atoms with Crippen LogP contribution in [0.4, 0.5) is 0 Å². The van der Waals surface area contributed by atoms with E-state index in [2.05, 4.69) is 20.8 Å². The van der Waals surface area contributed by atoms with Crippen LogP contribution in [0.25, 0.3) is 0 Å². The fourth-order valence-corrected chi connectivity index (χ4v) is 1.05. The molecule has 1 saturated carbocycles. The molecule has 0 bridgehead atoms. The number of hydrogen-bond acceptors (Lipinski definition) is 1. The molecule has 0 aliphatic heterocycles. The van der Waals surface area contributed by atoms with E-state index in [0.29, 0.717) is 11.5 Å². The molecule has 0 unspecified atom stereocenters. The third kappa shape index (κ3) is 1.45. The van der Waals surface area contributed by atoms with Crippen molar-refractivity contribution in [1.29, 1.82) is 0 Å². The van der Waals surface area contributed by atoms with E-state index in [9.17, 15) is 0 Å². The zero-order valence-corrected chi connectivity index (χ0v) is 6.61. The molecule has 1 nitrogen and oxygen atoms in total. The summed E-state index contributed by atoms with van der Waals surface area (Å²) in [6.45, 7) is 7.39. The molecule has 54 valence electrons. The third-order valence-corrected chi connectivity index (χ3v) is 2.44. The van der Waals surface area contributed by atoms with Crippen molar-refractivity contribution >= 4 is 0 Å². The Morgan fingerprint density at radius 3 is 2.44 bits per heavy atom. The van der Waals surface area contributed by atoms with Gasteiger partial charge in [-0.25, -0.2) is 0 Å². The highest BCUT2D eigenvalue weighted by molar-refractivity contribution is 4.93. The summed E-state index contributed by atoms with van der Waals surface area (Å²) in [7, 11) is 0. The first-order valence-electron chi connectivity index (χ1n) is 3.80. The van der Waals surface area contributed by atoms with Crippen LogP contribution in [0.15, 0.2) is 0 Å². The Labute approximate surface area is 57.4 Å². The van der Waals surface area contributed by atoms with Gasteiger partial charge in [-0.05, 0) is 32.1 Å². The molecule has 0 aromatic heterocycles. The third-order valence-electron chi connectivity index (χ3n) is 2.44. The Hall–Kier alpha value is -0.0400. The van der Waals surface area contributed by atoms with Crippen LogP contribution in [0.5, 0.6) is 0 Å². The van der Waals surface area contributed by atoms with Gasteiger partial charge >= 0.3 is 0 Å². The zero-order valence-electron chi connectivity index (χ0n) is 6.61. The first-order valence-corrected chi connectivity index (χ1v) is 3.80. The van der Waals surface area contributed by atoms with E-state index in [1.807, 2.05) is 0 Å². The summed E-state index contributed by atoms with van der Waals surface area (Å²) in [6.07, 6.45) is 3.19. The molecule has 0 N–H and O–H groups in total. The summed E-state index contributed by atoms with van der Waals surface area (Å²) >= 11 is 0. The van der Waals surface area contributed by atoms with Crippen LogP contribution in [0.1, 0.15) is 33.6 Å². The van der Waals surface area contributed by atoms with Crippen LogP contribution < -0.4 is 0 Å². The molecular formula is C8H16O. The smallest absolute Gasteiger partial charge is 0.0600 e. The van der Waals surface area contributed by atoms with Crippen LogP contribution in [0.3, 0.4) is 0 Å². The van der Waals surface area contributed by atoms with Gasteiger partial charge in [0.1, 0.15) is 0 Å². The molecular weight excluding hydrogens is 112 g/mol. The molecule has 1 aliphatic carbocycles. The highest BCUT2D eigenvalue weighted by Gasteiger charge is 2.42. The van der Waals surface area contributed by atoms with Crippen molar-refractivity contribution < 1.29 is 4.74 Å². The van der Waals surface area contributed by atoms with E-state index in [0.717, 1.165) is 6.61 Å². The Bertz CT molecular complexity index is 94.7. The van der Waals surface area contributed by atoms with Crippen molar-refractivity contribution in [2.75, 3.05) is 6.61 Å². The van der Waals surface area contributed by atoms with E-state index in [1.54, 1.807) is 0 Å². The minimum atomic E-state index is 0.475. The largest absolute Gasteiger partial charge is 0.378 e. The molecule has 0 amide bonds. The minimum absolute atomic E-state index is 0.475. The Morgan fingerprint density at radius 2 is 2.11 bits per heavy atom. The highest BCUT2D eigenvalue weighted by Crippen LogP contribution is 2.49. The molecule has 9 heavy (non-hydrogen) atoms. The maximum atomic E-state index is 5.47. The van der Waals surface area contributed by atoms with Gasteiger partial charge in [0.25, 0.3) is 0 Å². The summed E-state index contributed by atoms with van der Waals surface area (Å²) in [5.41, 5.74) is 0.538. The van der Waals surface area contributed by atoms with Gasteiger partial charge in [0.15, 0.2) is 0 Å². The lowest BCUT2D eigenvalue weighted by Crippen LogP contribution is -2.18. The highest BCUT2D eigenvalue weighted by atomic mass is 16.5. The van der Waals surface area contributed by atoms with Crippen LogP contribution >= 0.6 is 0 Å². The summed E-state index contributed by atoms with van der Waals surface area (Å²) in [5.74, 6) is 0. The number of ether oxygens (including phenoxy) is 1. The lowest BCUT2D eigenvalue weighted by molar-refractivity contribution is 0.0289. The van der Waals surface area contributed by atoms with Gasteiger partial charge in [-0.15, -0.1) is 0 Å². The van der Waals surface area contributed by atoms with Crippen LogP contribution in [-0.4, -0.2) is 12.7 Å². The van der Waals surface area contributed by atoms with Gasteiger partial charge < -0.3 is 4.74 Å². The van der Waals surface area contributed by atoms with Crippen molar-refractivity contribution in [2.24, 2.45) is 5.41 Å². The quantitative estimate of drug-likeness (QED) is 0.566. The number of rotatable bonds is 3. The summed E-state index contributed by atoms with van der Waals surface area (Å²) in [6, 6.07) is 0. The van der Waals surface area contributed by atoms with Crippen molar-refractivity contribution in [3.05, 3.63) is 0 Å². The van der Waals surface area contributed by atoms with Gasteiger partial charge in [-0.2, -0.15) is 0 Å². The first kappa shape index (κ1) is 7.07. The zero-order chi connectivity index (χ0) is 6.91. The van der Waals surface area contributed by atoms with Gasteiger partial charge in [0.05, 0.1) is 6.10 Å². The predicted octanol–water partition coefficient (Wildman–Crippen LogP) is 2.21. The molecule has 1 atom stereocenters. The molecule has 1 aliphatic rings. The Balaban J connectivity index is 2.24. The first-order chi connectivity index (χ1) is 4.19. The molecule has 1 fully saturated rings. The van der Waals surface area contributed by atoms with E-state index in [-0.39, 0.29) is 0 Å². The van der Waals surface area contributed by atoms with Crippen molar-refractivity contribution in [2.45, 2.75) is 39.7 Å². The lowest BCUT2D eigenvalue weighted by Gasteiger charge is -2.17. The summed E-state index contributed by atoms with van der Waals surface area (Å²) in [4.78, 5) is 0. The maximum Gasteiger partial charge on any atom is 0.0600 e. The predicted molar refractivity (Wildman–Crippen MR) is 38.4 cm³/mol. The molecule has 0 aromatic rings. The topological polar surface area (TPSA) is 9.23 Å². The average Bonchev–Trinajstić information content (AvgIpc) is 2.50. The van der Waals surface area contributed by atoms with Crippen molar-refractivity contribution in [1.82, 2.24) is 0 Å². The second-order valence-corrected chi connectivity index (χ2v) is 3.25. The van der Waals surface area contributed by atoms with Crippen LogP contribution in [0.2, 0.25) is 0 Å². The summed E-state index contributed by atoms with van der Waals surface area (Å²) in [5, 5.41) is 0. The minimum Gasteiger partial charge on any atom is -0.378 e. The molecule has 1 rings (SSSR count). The van der Waals surface area contributed by atoms with Crippen molar-refractivity contribution in [3.8, 4) is 0 Å². The lowest BCUT2D eigenvalue weighted by atomic mass is 10.0. The average molecular weight is 128 g/mol. The maximum absolute atomic E-state index is 5.47. The Morgan fingerprint density at radius 1 is 1.56 bits per heavy atom. The SMILES string of the molecule is CCO[C@@H](C)C1(C)CC1. The van der Waals surface area contributed by atoms with Crippen LogP contribution in [-0.2, 0) is 4.74 Å². The number of hydrogen-bond donors (Lipinski definition) is 0. The molecule has 1 heteroatoms. The van der Waals surface area contributed by atoms with E-state index in [4.69, 9.17) is 4.74 Å².